The van der Waals surface area contributed by atoms with Crippen LogP contribution in [0.25, 0.3) is 0 Å². The van der Waals surface area contributed by atoms with Crippen LogP contribution in [0.4, 0.5) is 0 Å². The minimum absolute atomic E-state index is 0. The smallest absolute Gasteiger partial charge is 0.0234 e. The van der Waals surface area contributed by atoms with Crippen LogP contribution in [-0.2, 0) is 22.4 Å². The minimum Gasteiger partial charge on any atom is -0.125 e. The fourth-order valence-corrected chi connectivity index (χ4v) is 1.96. The van der Waals surface area contributed by atoms with Crippen LogP contribution in [0, 0.1) is 0 Å². The zero-order valence-electron chi connectivity index (χ0n) is 8.23. The molecule has 0 bridgehead atoms. The second-order valence-corrected chi connectivity index (χ2v) is 3.97. The molecule has 0 nitrogen and oxygen atoms in total. The van der Waals surface area contributed by atoms with E-state index in [-0.39, 0.29) is 22.4 Å². The Labute approximate surface area is 109 Å². The third-order valence-corrected chi connectivity index (χ3v) is 3.09. The van der Waals surface area contributed by atoms with E-state index in [1.807, 2.05) is 12.1 Å². The molecule has 0 aliphatic rings. The predicted octanol–water partition coefficient (Wildman–Crippen LogP) is 3.65. The first-order valence-electron chi connectivity index (χ1n) is 4.73. The molecule has 0 spiro atoms. The Morgan fingerprint density at radius 2 is 1.00 bits per heavy atom. The van der Waals surface area contributed by atoms with E-state index in [9.17, 15) is 0 Å². The van der Waals surface area contributed by atoms with Gasteiger partial charge in [0.25, 0.3) is 0 Å². The van der Waals surface area contributed by atoms with Crippen LogP contribution in [-0.4, -0.2) is 0 Å². The Hall–Kier alpha value is -0.390. The van der Waals surface area contributed by atoms with Crippen LogP contribution in [0.3, 0.4) is 0 Å². The van der Waals surface area contributed by atoms with Gasteiger partial charge in [0, 0.05) is 28.0 Å². The van der Waals surface area contributed by atoms with Crippen molar-refractivity contribution in [3.8, 4) is 0 Å². The van der Waals surface area contributed by atoms with Gasteiger partial charge in [-0.1, -0.05) is 60.7 Å². The second kappa shape index (κ2) is 6.25. The molecule has 2 heteroatoms. The van der Waals surface area contributed by atoms with Gasteiger partial charge in [0.1, 0.15) is 0 Å². The third kappa shape index (κ3) is 3.29. The molecule has 1 radical (unpaired) electrons. The largest absolute Gasteiger partial charge is 0.125 e. The number of hydrogen-bond acceptors (Lipinski definition) is 0. The maximum Gasteiger partial charge on any atom is 0.0234 e. The molecule has 0 aliphatic heterocycles. The van der Waals surface area contributed by atoms with Crippen molar-refractivity contribution >= 4 is 9.24 Å². The summed E-state index contributed by atoms with van der Waals surface area (Å²) in [6.45, 7) is 0. The maximum atomic E-state index is 2.89. The van der Waals surface area contributed by atoms with E-state index >= 15 is 0 Å². The molecule has 1 unspecified atom stereocenters. The summed E-state index contributed by atoms with van der Waals surface area (Å²) in [5.41, 5.74) is 3.07. The summed E-state index contributed by atoms with van der Waals surface area (Å²) in [7, 11) is 2.89. The van der Waals surface area contributed by atoms with Gasteiger partial charge in [-0.2, -0.15) is 0 Å². The summed E-state index contributed by atoms with van der Waals surface area (Å²) in [5.74, 6) is 0. The van der Waals surface area contributed by atoms with Crippen LogP contribution in [0.5, 0.6) is 0 Å². The molecule has 0 heterocycles. The second-order valence-electron chi connectivity index (χ2n) is 3.30. The molecule has 0 N–H and O–H groups in total. The van der Waals surface area contributed by atoms with Crippen LogP contribution in [0.15, 0.2) is 60.7 Å². The summed E-state index contributed by atoms with van der Waals surface area (Å²) >= 11 is 0. The number of hydrogen-bond donors (Lipinski definition) is 0. The maximum absolute atomic E-state index is 2.89. The summed E-state index contributed by atoms with van der Waals surface area (Å²) in [6.07, 6.45) is 0. The predicted molar refractivity (Wildman–Crippen MR) is 64.4 cm³/mol. The van der Waals surface area contributed by atoms with Gasteiger partial charge in [0.15, 0.2) is 0 Å². The van der Waals surface area contributed by atoms with E-state index < -0.39 is 0 Å². The van der Waals surface area contributed by atoms with E-state index in [1.165, 1.54) is 11.1 Å². The standard InChI is InChI=1S/C13H13P.Au/c14-13(11-7-3-1-4-8-11)12-9-5-2-6-10-12;/h1-10,13H,14H2;. The fourth-order valence-electron chi connectivity index (χ4n) is 1.51. The topological polar surface area (TPSA) is 0 Å². The molecule has 0 amide bonds. The van der Waals surface area contributed by atoms with Crippen molar-refractivity contribution in [2.24, 2.45) is 0 Å². The Kier molecular flexibility index (Phi) is 5.28. The average molecular weight is 397 g/mol. The Bertz CT molecular complexity index is 346. The Morgan fingerprint density at radius 3 is 1.33 bits per heavy atom. The molecule has 0 saturated carbocycles. The van der Waals surface area contributed by atoms with Crippen LogP contribution in [0.1, 0.15) is 16.8 Å². The van der Waals surface area contributed by atoms with Gasteiger partial charge in [-0.3, -0.25) is 0 Å². The molecular weight excluding hydrogens is 384 g/mol. The van der Waals surface area contributed by atoms with E-state index in [0.29, 0.717) is 5.66 Å². The molecule has 2 rings (SSSR count). The summed E-state index contributed by atoms with van der Waals surface area (Å²) < 4.78 is 0. The summed E-state index contributed by atoms with van der Waals surface area (Å²) in [6, 6.07) is 21.0. The van der Waals surface area contributed by atoms with Crippen molar-refractivity contribution in [2.75, 3.05) is 0 Å². The first-order chi connectivity index (χ1) is 6.88. The summed E-state index contributed by atoms with van der Waals surface area (Å²) in [5, 5.41) is 0. The van der Waals surface area contributed by atoms with Crippen molar-refractivity contribution < 1.29 is 22.4 Å². The monoisotopic (exact) mass is 397 g/mol. The Balaban J connectivity index is 0.00000112. The normalized spacial score (nSPS) is 9.73. The van der Waals surface area contributed by atoms with Gasteiger partial charge >= 0.3 is 0 Å². The van der Waals surface area contributed by atoms with E-state index in [0.717, 1.165) is 0 Å². The molecule has 1 atom stereocenters. The molecule has 2 aromatic carbocycles. The van der Waals surface area contributed by atoms with E-state index in [4.69, 9.17) is 0 Å². The van der Waals surface area contributed by atoms with Crippen LogP contribution >= 0.6 is 9.24 Å². The van der Waals surface area contributed by atoms with Gasteiger partial charge in [-0.05, 0) is 11.1 Å². The van der Waals surface area contributed by atoms with Crippen LogP contribution in [0.2, 0.25) is 0 Å². The average Bonchev–Trinajstić information content (AvgIpc) is 2.30. The van der Waals surface area contributed by atoms with Crippen LogP contribution < -0.4 is 0 Å². The van der Waals surface area contributed by atoms with E-state index in [1.54, 1.807) is 0 Å². The number of rotatable bonds is 2. The molecule has 81 valence electrons. The SMILES string of the molecule is PC(c1ccccc1)c1ccccc1.[Au]. The minimum atomic E-state index is 0. The van der Waals surface area contributed by atoms with Crippen molar-refractivity contribution in [1.82, 2.24) is 0 Å². The van der Waals surface area contributed by atoms with Gasteiger partial charge in [0.2, 0.25) is 0 Å². The fraction of sp³-hybridized carbons (Fsp3) is 0.0769. The third-order valence-electron chi connectivity index (χ3n) is 2.32. The van der Waals surface area contributed by atoms with Gasteiger partial charge in [-0.25, -0.2) is 0 Å². The molecule has 0 aromatic heterocycles. The Morgan fingerprint density at radius 1 is 0.667 bits per heavy atom. The zero-order chi connectivity index (χ0) is 9.80. The molecule has 0 fully saturated rings. The zero-order valence-corrected chi connectivity index (χ0v) is 11.6. The molecule has 2 aromatic rings. The van der Waals surface area contributed by atoms with Gasteiger partial charge < -0.3 is 0 Å². The first kappa shape index (κ1) is 12.7. The van der Waals surface area contributed by atoms with Crippen molar-refractivity contribution in [1.29, 1.82) is 0 Å². The number of benzene rings is 2. The molecular formula is C13H13AuP. The summed E-state index contributed by atoms with van der Waals surface area (Å²) in [4.78, 5) is 0. The first-order valence-corrected chi connectivity index (χ1v) is 5.40. The molecule has 15 heavy (non-hydrogen) atoms. The van der Waals surface area contributed by atoms with Gasteiger partial charge in [0.05, 0.1) is 0 Å². The van der Waals surface area contributed by atoms with Gasteiger partial charge in [-0.15, -0.1) is 9.24 Å². The van der Waals surface area contributed by atoms with E-state index in [2.05, 4.69) is 57.8 Å². The van der Waals surface area contributed by atoms with Crippen molar-refractivity contribution in [3.05, 3.63) is 71.8 Å². The quantitative estimate of drug-likeness (QED) is 0.536. The molecule has 0 aliphatic carbocycles. The van der Waals surface area contributed by atoms with Crippen molar-refractivity contribution in [3.63, 3.8) is 0 Å². The molecule has 0 saturated heterocycles. The van der Waals surface area contributed by atoms with Crippen molar-refractivity contribution in [2.45, 2.75) is 5.66 Å².